The van der Waals surface area contributed by atoms with Gasteiger partial charge in [-0.3, -0.25) is 4.79 Å². The summed E-state index contributed by atoms with van der Waals surface area (Å²) in [6.45, 7) is 0.542. The predicted molar refractivity (Wildman–Crippen MR) is 90.8 cm³/mol. The minimum absolute atomic E-state index is 0.304. The molecule has 0 spiro atoms. The second-order valence-electron chi connectivity index (χ2n) is 5.91. The maximum absolute atomic E-state index is 13.3. The highest BCUT2D eigenvalue weighted by Crippen LogP contribution is 2.38. The fraction of sp³-hybridized carbons (Fsp3) is 0.150. The molecule has 1 aliphatic heterocycles. The van der Waals surface area contributed by atoms with Crippen molar-refractivity contribution in [1.82, 2.24) is 9.88 Å². The van der Waals surface area contributed by atoms with Crippen LogP contribution in [0.2, 0.25) is 0 Å². The number of aromatic amines is 1. The lowest BCUT2D eigenvalue weighted by molar-refractivity contribution is -0.127. The molecule has 1 amide bonds. The normalized spacial score (nSPS) is 16.7. The zero-order valence-corrected chi connectivity index (χ0v) is 12.9. The van der Waals surface area contributed by atoms with Crippen molar-refractivity contribution in [2.75, 3.05) is 6.54 Å². The molecule has 1 unspecified atom stereocenters. The van der Waals surface area contributed by atoms with Crippen LogP contribution in [0.1, 0.15) is 22.9 Å². The summed E-state index contributed by atoms with van der Waals surface area (Å²) < 4.78 is 13.3. The van der Waals surface area contributed by atoms with Crippen LogP contribution in [0.5, 0.6) is 0 Å². The van der Waals surface area contributed by atoms with E-state index < -0.39 is 0 Å². The number of hydrogen-bond donors (Lipinski definition) is 1. The van der Waals surface area contributed by atoms with E-state index in [1.54, 1.807) is 17.0 Å². The van der Waals surface area contributed by atoms with Crippen LogP contribution in [0.4, 0.5) is 4.39 Å². The molecule has 24 heavy (non-hydrogen) atoms. The lowest BCUT2D eigenvalue weighted by atomic mass is 9.92. The molecule has 2 aromatic carbocycles. The quantitative estimate of drug-likeness (QED) is 0.686. The predicted octanol–water partition coefficient (Wildman–Crippen LogP) is 3.41. The molecule has 0 bridgehead atoms. The van der Waals surface area contributed by atoms with Gasteiger partial charge in [0.25, 0.3) is 5.91 Å². The number of nitrogens with zero attached hydrogens (tertiary/aromatic N) is 1. The first-order valence-corrected chi connectivity index (χ1v) is 7.81. The molecule has 118 valence electrons. The molecule has 0 radical (unpaired) electrons. The molecular formula is C20H15FN2O. The first kappa shape index (κ1) is 14.5. The largest absolute Gasteiger partial charge is 0.356 e. The smallest absolute Gasteiger partial charge is 0.299 e. The molecule has 1 aliphatic rings. The Kier molecular flexibility index (Phi) is 3.35. The molecule has 3 nitrogen and oxygen atoms in total. The number of nitrogens with one attached hydrogen (secondary N) is 1. The number of amides is 1. The number of terminal acetylenes is 1. The SMILES string of the molecule is C#CC(=O)N1CCc2c([nH]c3ccccc23)C1c1ccc(F)cc1. The van der Waals surface area contributed by atoms with Crippen LogP contribution in [0, 0.1) is 18.2 Å². The van der Waals surface area contributed by atoms with E-state index in [2.05, 4.69) is 17.0 Å². The van der Waals surface area contributed by atoms with Crippen LogP contribution in [0.25, 0.3) is 10.9 Å². The molecular weight excluding hydrogens is 303 g/mol. The highest BCUT2D eigenvalue weighted by Gasteiger charge is 2.33. The van der Waals surface area contributed by atoms with Gasteiger partial charge in [-0.1, -0.05) is 30.3 Å². The number of benzene rings is 2. The standard InChI is InChI=1S/C20H15FN2O/c1-2-18(24)23-12-11-16-15-5-3-4-6-17(15)22-19(16)20(23)13-7-9-14(21)10-8-13/h1,3-10,20,22H,11-12H2. The average molecular weight is 318 g/mol. The molecule has 1 aromatic heterocycles. The Balaban J connectivity index is 1.93. The fourth-order valence-corrected chi connectivity index (χ4v) is 3.53. The minimum Gasteiger partial charge on any atom is -0.356 e. The van der Waals surface area contributed by atoms with Gasteiger partial charge in [-0.25, -0.2) is 4.39 Å². The third-order valence-electron chi connectivity index (χ3n) is 4.60. The number of rotatable bonds is 1. The van der Waals surface area contributed by atoms with E-state index in [0.29, 0.717) is 6.54 Å². The third-order valence-corrected chi connectivity index (χ3v) is 4.60. The van der Waals surface area contributed by atoms with Crippen molar-refractivity contribution in [1.29, 1.82) is 0 Å². The van der Waals surface area contributed by atoms with Gasteiger partial charge in [0.1, 0.15) is 5.82 Å². The summed E-state index contributed by atoms with van der Waals surface area (Å²) in [6, 6.07) is 14.0. The van der Waals surface area contributed by atoms with Gasteiger partial charge in [0.05, 0.1) is 6.04 Å². The molecule has 0 saturated carbocycles. The van der Waals surface area contributed by atoms with Crippen LogP contribution in [-0.2, 0) is 11.2 Å². The summed E-state index contributed by atoms with van der Waals surface area (Å²) in [5, 5.41) is 1.16. The maximum Gasteiger partial charge on any atom is 0.299 e. The van der Waals surface area contributed by atoms with Crippen molar-refractivity contribution in [3.05, 3.63) is 71.2 Å². The Bertz CT molecular complexity index is 965. The first-order valence-electron chi connectivity index (χ1n) is 7.81. The zero-order valence-electron chi connectivity index (χ0n) is 12.9. The second kappa shape index (κ2) is 5.54. The van der Waals surface area contributed by atoms with Crippen LogP contribution < -0.4 is 0 Å². The minimum atomic E-state index is -0.353. The molecule has 4 heteroatoms. The fourth-order valence-electron chi connectivity index (χ4n) is 3.53. The van der Waals surface area contributed by atoms with Crippen LogP contribution in [0.15, 0.2) is 48.5 Å². The average Bonchev–Trinajstić information content (AvgIpc) is 3.00. The Morgan fingerprint density at radius 3 is 2.71 bits per heavy atom. The topological polar surface area (TPSA) is 36.1 Å². The molecule has 0 saturated heterocycles. The number of carbonyl (C=O) groups is 1. The molecule has 4 rings (SSSR count). The lowest BCUT2D eigenvalue weighted by Gasteiger charge is -2.35. The van der Waals surface area contributed by atoms with Gasteiger partial charge in [-0.2, -0.15) is 0 Å². The van der Waals surface area contributed by atoms with Gasteiger partial charge in [-0.05, 0) is 41.7 Å². The van der Waals surface area contributed by atoms with Gasteiger partial charge >= 0.3 is 0 Å². The van der Waals surface area contributed by atoms with E-state index in [0.717, 1.165) is 28.6 Å². The van der Waals surface area contributed by atoms with E-state index in [4.69, 9.17) is 6.42 Å². The van der Waals surface area contributed by atoms with Crippen LogP contribution in [-0.4, -0.2) is 22.3 Å². The van der Waals surface area contributed by atoms with Gasteiger partial charge < -0.3 is 9.88 Å². The maximum atomic E-state index is 13.3. The Morgan fingerprint density at radius 2 is 1.96 bits per heavy atom. The van der Waals surface area contributed by atoms with Gasteiger partial charge in [-0.15, -0.1) is 6.42 Å². The van der Waals surface area contributed by atoms with Crippen molar-refractivity contribution >= 4 is 16.8 Å². The van der Waals surface area contributed by atoms with Gasteiger partial charge in [0.2, 0.25) is 0 Å². The van der Waals surface area contributed by atoms with Crippen molar-refractivity contribution in [2.24, 2.45) is 0 Å². The molecule has 1 N–H and O–H groups in total. The second-order valence-corrected chi connectivity index (χ2v) is 5.91. The summed E-state index contributed by atoms with van der Waals surface area (Å²) in [5.74, 6) is 1.55. The number of H-pyrrole nitrogens is 1. The monoisotopic (exact) mass is 318 g/mol. The van der Waals surface area contributed by atoms with E-state index in [1.807, 2.05) is 18.2 Å². The Labute approximate surface area is 139 Å². The van der Waals surface area contributed by atoms with Crippen LogP contribution in [0.3, 0.4) is 0 Å². The highest BCUT2D eigenvalue weighted by atomic mass is 19.1. The summed E-state index contributed by atoms with van der Waals surface area (Å²) in [7, 11) is 0. The number of hydrogen-bond acceptors (Lipinski definition) is 1. The molecule has 1 atom stereocenters. The van der Waals surface area contributed by atoms with Crippen molar-refractivity contribution in [3.63, 3.8) is 0 Å². The summed E-state index contributed by atoms with van der Waals surface area (Å²) >= 11 is 0. The molecule has 0 aliphatic carbocycles. The lowest BCUT2D eigenvalue weighted by Crippen LogP contribution is -2.39. The number of fused-ring (bicyclic) bond motifs is 3. The van der Waals surface area contributed by atoms with E-state index in [9.17, 15) is 9.18 Å². The Morgan fingerprint density at radius 1 is 1.21 bits per heavy atom. The highest BCUT2D eigenvalue weighted by molar-refractivity contribution is 5.94. The van der Waals surface area contributed by atoms with Gasteiger partial charge in [0, 0.05) is 23.1 Å². The van der Waals surface area contributed by atoms with Crippen molar-refractivity contribution < 1.29 is 9.18 Å². The summed E-state index contributed by atoms with van der Waals surface area (Å²) in [5.41, 5.74) is 4.02. The van der Waals surface area contributed by atoms with E-state index in [-0.39, 0.29) is 17.8 Å². The van der Waals surface area contributed by atoms with Crippen molar-refractivity contribution in [2.45, 2.75) is 12.5 Å². The first-order chi connectivity index (χ1) is 11.7. The number of halogens is 1. The third kappa shape index (κ3) is 2.17. The summed E-state index contributed by atoms with van der Waals surface area (Å²) in [6.07, 6.45) is 6.09. The zero-order chi connectivity index (χ0) is 16.7. The number of carbonyl (C=O) groups excluding carboxylic acids is 1. The number of para-hydroxylation sites is 1. The summed E-state index contributed by atoms with van der Waals surface area (Å²) in [4.78, 5) is 17.3. The van der Waals surface area contributed by atoms with E-state index in [1.165, 1.54) is 17.7 Å². The number of aromatic nitrogens is 1. The Hall–Kier alpha value is -3.06. The van der Waals surface area contributed by atoms with E-state index >= 15 is 0 Å². The van der Waals surface area contributed by atoms with Crippen molar-refractivity contribution in [3.8, 4) is 12.3 Å². The molecule has 3 aromatic rings. The van der Waals surface area contributed by atoms with Crippen LogP contribution >= 0.6 is 0 Å². The van der Waals surface area contributed by atoms with Gasteiger partial charge in [0.15, 0.2) is 0 Å². The molecule has 2 heterocycles. The molecule has 0 fully saturated rings.